The molecule has 23 heavy (non-hydrogen) atoms. The standard InChI is InChI=1S/C19H18Br2O2/c1-12(2)13-8-10-15(11-9-13)19(23)17(21)16(20)18(22)14-6-4-3-5-7-14/h3-12,16-17H,1-2H3/t16-,17+/m1/s1. The molecule has 0 N–H and O–H groups in total. The summed E-state index contributed by atoms with van der Waals surface area (Å²) in [5, 5.41) is 0. The summed E-state index contributed by atoms with van der Waals surface area (Å²) in [6.45, 7) is 4.22. The van der Waals surface area contributed by atoms with Gasteiger partial charge in [-0.2, -0.15) is 0 Å². The molecule has 0 unspecified atom stereocenters. The van der Waals surface area contributed by atoms with Gasteiger partial charge < -0.3 is 0 Å². The van der Waals surface area contributed by atoms with Gasteiger partial charge in [0, 0.05) is 11.1 Å². The fourth-order valence-corrected chi connectivity index (χ4v) is 3.23. The van der Waals surface area contributed by atoms with Crippen LogP contribution in [0.5, 0.6) is 0 Å². The van der Waals surface area contributed by atoms with Gasteiger partial charge in [-0.1, -0.05) is 100 Å². The van der Waals surface area contributed by atoms with E-state index < -0.39 is 9.65 Å². The van der Waals surface area contributed by atoms with Crippen LogP contribution >= 0.6 is 31.9 Å². The topological polar surface area (TPSA) is 34.1 Å². The molecule has 2 aromatic rings. The zero-order valence-electron chi connectivity index (χ0n) is 13.0. The van der Waals surface area contributed by atoms with E-state index in [1.54, 1.807) is 12.1 Å². The van der Waals surface area contributed by atoms with Crippen LogP contribution in [0, 0.1) is 0 Å². The van der Waals surface area contributed by atoms with Gasteiger partial charge in [-0.3, -0.25) is 9.59 Å². The Morgan fingerprint density at radius 3 is 1.61 bits per heavy atom. The van der Waals surface area contributed by atoms with Crippen molar-refractivity contribution in [2.24, 2.45) is 0 Å². The highest BCUT2D eigenvalue weighted by molar-refractivity contribution is 9.12. The number of ketones is 2. The fraction of sp³-hybridized carbons (Fsp3) is 0.263. The van der Waals surface area contributed by atoms with Gasteiger partial charge in [0.1, 0.15) is 0 Å². The number of alkyl halides is 2. The average Bonchev–Trinajstić information content (AvgIpc) is 2.60. The number of hydrogen-bond donors (Lipinski definition) is 0. The van der Waals surface area contributed by atoms with Gasteiger partial charge in [0.05, 0.1) is 9.65 Å². The summed E-state index contributed by atoms with van der Waals surface area (Å²) in [6, 6.07) is 16.5. The van der Waals surface area contributed by atoms with Crippen LogP contribution in [-0.4, -0.2) is 21.2 Å². The molecule has 0 radical (unpaired) electrons. The van der Waals surface area contributed by atoms with E-state index in [0.29, 0.717) is 17.0 Å². The summed E-state index contributed by atoms with van der Waals surface area (Å²) >= 11 is 6.74. The van der Waals surface area contributed by atoms with Gasteiger partial charge >= 0.3 is 0 Å². The van der Waals surface area contributed by atoms with Crippen molar-refractivity contribution in [3.8, 4) is 0 Å². The Labute approximate surface area is 153 Å². The first-order valence-corrected chi connectivity index (χ1v) is 9.26. The van der Waals surface area contributed by atoms with E-state index in [-0.39, 0.29) is 11.6 Å². The third kappa shape index (κ3) is 4.39. The van der Waals surface area contributed by atoms with Crippen LogP contribution < -0.4 is 0 Å². The van der Waals surface area contributed by atoms with Crippen molar-refractivity contribution in [3.05, 3.63) is 71.3 Å². The Bertz CT molecular complexity index is 678. The molecule has 0 aliphatic carbocycles. The molecule has 0 amide bonds. The molecule has 2 atom stereocenters. The minimum atomic E-state index is -0.611. The first-order chi connectivity index (χ1) is 10.9. The minimum absolute atomic E-state index is 0.105. The summed E-state index contributed by atoms with van der Waals surface area (Å²) in [6.07, 6.45) is 0. The Kier molecular flexibility index (Phi) is 6.31. The highest BCUT2D eigenvalue weighted by Gasteiger charge is 2.30. The number of Topliss-reactive ketones (excluding diaryl/α,β-unsaturated/α-hetero) is 2. The number of rotatable bonds is 6. The summed E-state index contributed by atoms with van der Waals surface area (Å²) < 4.78 is 0. The van der Waals surface area contributed by atoms with Crippen molar-refractivity contribution < 1.29 is 9.59 Å². The quantitative estimate of drug-likeness (QED) is 0.447. The first kappa shape index (κ1) is 18.1. The van der Waals surface area contributed by atoms with Gasteiger partial charge in [-0.15, -0.1) is 0 Å². The Hall–Kier alpha value is -1.26. The SMILES string of the molecule is CC(C)c1ccc(C(=O)[C@@H](Br)[C@@H](Br)C(=O)c2ccccc2)cc1. The Balaban J connectivity index is 2.14. The molecule has 2 nitrogen and oxygen atoms in total. The van der Waals surface area contributed by atoms with Gasteiger partial charge in [-0.05, 0) is 11.5 Å². The fourth-order valence-electron chi connectivity index (χ4n) is 2.22. The molecule has 120 valence electrons. The lowest BCUT2D eigenvalue weighted by atomic mass is 9.98. The van der Waals surface area contributed by atoms with Crippen LogP contribution in [0.3, 0.4) is 0 Å². The second kappa shape index (κ2) is 8.02. The maximum absolute atomic E-state index is 12.6. The zero-order valence-corrected chi connectivity index (χ0v) is 16.2. The van der Waals surface area contributed by atoms with Crippen LogP contribution in [-0.2, 0) is 0 Å². The molecule has 0 saturated heterocycles. The lowest BCUT2D eigenvalue weighted by molar-refractivity contribution is 0.0934. The van der Waals surface area contributed by atoms with Crippen LogP contribution in [0.25, 0.3) is 0 Å². The maximum atomic E-state index is 12.6. The molecule has 0 aliphatic heterocycles. The molecule has 2 rings (SSSR count). The van der Waals surface area contributed by atoms with Crippen molar-refractivity contribution in [3.63, 3.8) is 0 Å². The molecule has 0 bridgehead atoms. The van der Waals surface area contributed by atoms with Crippen LogP contribution in [0.15, 0.2) is 54.6 Å². The molecule has 2 aromatic carbocycles. The summed E-state index contributed by atoms with van der Waals surface area (Å²) in [5.41, 5.74) is 2.37. The van der Waals surface area contributed by atoms with Crippen LogP contribution in [0.2, 0.25) is 0 Å². The Morgan fingerprint density at radius 2 is 1.17 bits per heavy atom. The van der Waals surface area contributed by atoms with Crippen LogP contribution in [0.1, 0.15) is 46.0 Å². The van der Waals surface area contributed by atoms with E-state index in [1.807, 2.05) is 42.5 Å². The summed E-state index contributed by atoms with van der Waals surface area (Å²) in [4.78, 5) is 23.8. The monoisotopic (exact) mass is 436 g/mol. The number of carbonyl (C=O) groups excluding carboxylic acids is 2. The van der Waals surface area contributed by atoms with E-state index >= 15 is 0 Å². The molecule has 0 spiro atoms. The predicted molar refractivity (Wildman–Crippen MR) is 101 cm³/mol. The smallest absolute Gasteiger partial charge is 0.178 e. The molecule has 0 heterocycles. The van der Waals surface area contributed by atoms with Crippen molar-refractivity contribution in [1.29, 1.82) is 0 Å². The van der Waals surface area contributed by atoms with Gasteiger partial charge in [0.2, 0.25) is 0 Å². The van der Waals surface area contributed by atoms with Crippen molar-refractivity contribution in [2.45, 2.75) is 29.4 Å². The van der Waals surface area contributed by atoms with Crippen molar-refractivity contribution in [1.82, 2.24) is 0 Å². The largest absolute Gasteiger partial charge is 0.293 e. The van der Waals surface area contributed by atoms with E-state index in [9.17, 15) is 9.59 Å². The second-order valence-electron chi connectivity index (χ2n) is 5.67. The molecule has 0 fully saturated rings. The molecule has 0 saturated carbocycles. The lowest BCUT2D eigenvalue weighted by Gasteiger charge is -2.15. The third-order valence-electron chi connectivity index (χ3n) is 3.68. The second-order valence-corrected chi connectivity index (χ2v) is 7.65. The average molecular weight is 438 g/mol. The first-order valence-electron chi connectivity index (χ1n) is 7.43. The molecule has 0 aromatic heterocycles. The van der Waals surface area contributed by atoms with Gasteiger partial charge in [0.15, 0.2) is 11.6 Å². The van der Waals surface area contributed by atoms with Crippen molar-refractivity contribution in [2.75, 3.05) is 0 Å². The highest BCUT2D eigenvalue weighted by Crippen LogP contribution is 2.24. The minimum Gasteiger partial charge on any atom is -0.293 e. The highest BCUT2D eigenvalue weighted by atomic mass is 79.9. The predicted octanol–water partition coefficient (Wildman–Crippen LogP) is 5.40. The van der Waals surface area contributed by atoms with E-state index in [0.717, 1.165) is 0 Å². The summed E-state index contributed by atoms with van der Waals surface area (Å²) in [5.74, 6) is 0.202. The number of halogens is 2. The number of carbonyl (C=O) groups is 2. The number of hydrogen-bond acceptors (Lipinski definition) is 2. The zero-order chi connectivity index (χ0) is 17.0. The molecule has 0 aliphatic rings. The van der Waals surface area contributed by atoms with Gasteiger partial charge in [0.25, 0.3) is 0 Å². The molecular formula is C19H18Br2O2. The Morgan fingerprint density at radius 1 is 0.739 bits per heavy atom. The maximum Gasteiger partial charge on any atom is 0.178 e. The van der Waals surface area contributed by atoms with E-state index in [4.69, 9.17) is 0 Å². The van der Waals surface area contributed by atoms with Crippen LogP contribution in [0.4, 0.5) is 0 Å². The van der Waals surface area contributed by atoms with E-state index in [2.05, 4.69) is 45.7 Å². The molecular weight excluding hydrogens is 420 g/mol. The normalized spacial score (nSPS) is 13.6. The third-order valence-corrected chi connectivity index (χ3v) is 6.28. The van der Waals surface area contributed by atoms with Crippen molar-refractivity contribution >= 4 is 43.4 Å². The summed E-state index contributed by atoms with van der Waals surface area (Å²) in [7, 11) is 0. The van der Waals surface area contributed by atoms with Gasteiger partial charge in [-0.25, -0.2) is 0 Å². The number of benzene rings is 2. The van der Waals surface area contributed by atoms with E-state index in [1.165, 1.54) is 5.56 Å². The lowest BCUT2D eigenvalue weighted by Crippen LogP contribution is -2.31. The molecule has 4 heteroatoms.